The first-order valence-electron chi connectivity index (χ1n) is 11.6. The molecule has 4 rings (SSSR count). The molecule has 2 aliphatic heterocycles. The van der Waals surface area contributed by atoms with Crippen LogP contribution in [0.15, 0.2) is 39.9 Å². The van der Waals surface area contributed by atoms with Crippen molar-refractivity contribution in [1.82, 2.24) is 9.21 Å². The first-order valence-corrected chi connectivity index (χ1v) is 13.9. The highest BCUT2D eigenvalue weighted by atomic mass is 32.2. The van der Waals surface area contributed by atoms with Crippen molar-refractivity contribution < 1.29 is 22.7 Å². The normalized spacial score (nSPS) is 18.6. The first kappa shape index (κ1) is 24.7. The van der Waals surface area contributed by atoms with Crippen molar-refractivity contribution in [2.24, 2.45) is 11.8 Å². The lowest BCUT2D eigenvalue weighted by Crippen LogP contribution is -2.41. The Morgan fingerprint density at radius 2 is 1.68 bits per heavy atom. The van der Waals surface area contributed by atoms with E-state index in [0.717, 1.165) is 24.2 Å². The van der Waals surface area contributed by atoms with Crippen LogP contribution in [0.2, 0.25) is 0 Å². The van der Waals surface area contributed by atoms with E-state index in [0.29, 0.717) is 48.8 Å². The molecule has 3 heterocycles. The first-order chi connectivity index (χ1) is 16.3. The van der Waals surface area contributed by atoms with E-state index in [4.69, 9.17) is 4.74 Å². The molecule has 1 aromatic carbocycles. The summed E-state index contributed by atoms with van der Waals surface area (Å²) < 4.78 is 33.1. The Morgan fingerprint density at radius 3 is 2.29 bits per heavy atom. The van der Waals surface area contributed by atoms with Gasteiger partial charge in [0, 0.05) is 43.2 Å². The van der Waals surface area contributed by atoms with Crippen LogP contribution in [0, 0.1) is 11.8 Å². The maximum atomic E-state index is 13.2. The Labute approximate surface area is 204 Å². The zero-order valence-corrected chi connectivity index (χ0v) is 21.2. The fraction of sp³-hybridized carbons (Fsp3) is 0.500. The number of sulfonamides is 1. The van der Waals surface area contributed by atoms with Crippen LogP contribution in [0.5, 0.6) is 5.75 Å². The molecule has 184 valence electrons. The number of amides is 2. The van der Waals surface area contributed by atoms with Crippen LogP contribution in [-0.2, 0) is 14.8 Å². The van der Waals surface area contributed by atoms with Gasteiger partial charge >= 0.3 is 0 Å². The van der Waals surface area contributed by atoms with Gasteiger partial charge in [0.2, 0.25) is 5.91 Å². The molecule has 2 saturated heterocycles. The lowest BCUT2D eigenvalue weighted by molar-refractivity contribution is -0.120. The van der Waals surface area contributed by atoms with Crippen molar-refractivity contribution in [1.29, 1.82) is 0 Å². The Hall–Kier alpha value is -2.43. The molecule has 0 radical (unpaired) electrons. The summed E-state index contributed by atoms with van der Waals surface area (Å²) >= 11 is 1.09. The summed E-state index contributed by atoms with van der Waals surface area (Å²) in [4.78, 5) is 27.3. The van der Waals surface area contributed by atoms with Crippen molar-refractivity contribution in [2.45, 2.75) is 36.8 Å². The number of benzene rings is 1. The highest BCUT2D eigenvalue weighted by Gasteiger charge is 2.34. The summed E-state index contributed by atoms with van der Waals surface area (Å²) in [7, 11) is -2.11. The highest BCUT2D eigenvalue weighted by Crippen LogP contribution is 2.30. The second-order valence-corrected chi connectivity index (χ2v) is 12.1. The molecule has 0 spiro atoms. The lowest BCUT2D eigenvalue weighted by atomic mass is 9.97. The van der Waals surface area contributed by atoms with Crippen molar-refractivity contribution in [3.8, 4) is 5.75 Å². The third kappa shape index (κ3) is 5.45. The maximum absolute atomic E-state index is 13.2. The van der Waals surface area contributed by atoms with Crippen molar-refractivity contribution in [3.63, 3.8) is 0 Å². The molecule has 0 atom stereocenters. The quantitative estimate of drug-likeness (QED) is 0.646. The van der Waals surface area contributed by atoms with E-state index in [-0.39, 0.29) is 35.0 Å². The predicted molar refractivity (Wildman–Crippen MR) is 132 cm³/mol. The number of thiophene rings is 1. The van der Waals surface area contributed by atoms with Crippen LogP contribution < -0.4 is 10.1 Å². The molecule has 8 nitrogen and oxygen atoms in total. The number of piperidine rings is 2. The van der Waals surface area contributed by atoms with Gasteiger partial charge in [0.05, 0.1) is 12.7 Å². The number of methoxy groups -OCH3 is 1. The summed E-state index contributed by atoms with van der Waals surface area (Å²) in [5.74, 6) is 0.861. The zero-order chi connectivity index (χ0) is 24.3. The average molecular weight is 506 g/mol. The van der Waals surface area contributed by atoms with E-state index >= 15 is 0 Å². The van der Waals surface area contributed by atoms with E-state index < -0.39 is 10.0 Å². The Balaban J connectivity index is 1.33. The van der Waals surface area contributed by atoms with Gasteiger partial charge < -0.3 is 15.0 Å². The van der Waals surface area contributed by atoms with E-state index in [9.17, 15) is 18.0 Å². The Kier molecular flexibility index (Phi) is 7.59. The number of rotatable bonds is 6. The topological polar surface area (TPSA) is 96.0 Å². The number of hydrogen-bond acceptors (Lipinski definition) is 6. The molecule has 0 unspecified atom stereocenters. The molecule has 0 bridgehead atoms. The molecule has 1 N–H and O–H groups in total. The molecule has 0 aliphatic carbocycles. The maximum Gasteiger partial charge on any atom is 0.254 e. The van der Waals surface area contributed by atoms with Gasteiger partial charge in [-0.25, -0.2) is 8.42 Å². The predicted octanol–water partition coefficient (Wildman–Crippen LogP) is 3.67. The van der Waals surface area contributed by atoms with Gasteiger partial charge in [-0.15, -0.1) is 11.3 Å². The fourth-order valence-electron chi connectivity index (χ4n) is 4.36. The SMILES string of the molecule is COc1ccc(NC(=O)C2CCN(S(=O)(=O)c3cc(C(=O)N4CCC(C)CC4)cs3)CC2)cc1. The molecule has 2 fully saturated rings. The number of carbonyl (C=O) groups excluding carboxylic acids is 2. The monoisotopic (exact) mass is 505 g/mol. The third-order valence-corrected chi connectivity index (χ3v) is 9.98. The van der Waals surface area contributed by atoms with E-state index in [1.165, 1.54) is 10.4 Å². The van der Waals surface area contributed by atoms with Gasteiger partial charge in [0.25, 0.3) is 15.9 Å². The minimum Gasteiger partial charge on any atom is -0.497 e. The number of anilines is 1. The number of ether oxygens (including phenoxy) is 1. The summed E-state index contributed by atoms with van der Waals surface area (Å²) in [6, 6.07) is 8.60. The molecule has 1 aromatic heterocycles. The third-order valence-electron chi connectivity index (χ3n) is 6.67. The van der Waals surface area contributed by atoms with Crippen molar-refractivity contribution in [2.75, 3.05) is 38.6 Å². The summed E-state index contributed by atoms with van der Waals surface area (Å²) in [5, 5.41) is 4.54. The number of likely N-dealkylation sites (tertiary alicyclic amines) is 1. The number of nitrogens with one attached hydrogen (secondary N) is 1. The Bertz CT molecular complexity index is 1110. The second kappa shape index (κ2) is 10.5. The van der Waals surface area contributed by atoms with Crippen LogP contribution in [0.25, 0.3) is 0 Å². The summed E-state index contributed by atoms with van der Waals surface area (Å²) in [5.41, 5.74) is 1.12. The number of nitrogens with zero attached hydrogens (tertiary/aromatic N) is 2. The van der Waals surface area contributed by atoms with E-state index in [2.05, 4.69) is 12.2 Å². The van der Waals surface area contributed by atoms with Crippen LogP contribution in [0.4, 0.5) is 5.69 Å². The highest BCUT2D eigenvalue weighted by molar-refractivity contribution is 7.91. The lowest BCUT2D eigenvalue weighted by Gasteiger charge is -2.30. The summed E-state index contributed by atoms with van der Waals surface area (Å²) in [6.07, 6.45) is 2.85. The van der Waals surface area contributed by atoms with Crippen LogP contribution in [0.3, 0.4) is 0 Å². The van der Waals surface area contributed by atoms with Crippen molar-refractivity contribution in [3.05, 3.63) is 41.3 Å². The van der Waals surface area contributed by atoms with Gasteiger partial charge in [-0.3, -0.25) is 9.59 Å². The van der Waals surface area contributed by atoms with Crippen LogP contribution in [-0.4, -0.2) is 62.7 Å². The zero-order valence-electron chi connectivity index (χ0n) is 19.5. The molecule has 34 heavy (non-hydrogen) atoms. The Morgan fingerprint density at radius 1 is 1.03 bits per heavy atom. The van der Waals surface area contributed by atoms with Crippen LogP contribution in [0.1, 0.15) is 43.0 Å². The largest absolute Gasteiger partial charge is 0.497 e. The molecule has 0 saturated carbocycles. The molecule has 2 aromatic rings. The minimum absolute atomic E-state index is 0.0986. The van der Waals surface area contributed by atoms with E-state index in [1.54, 1.807) is 36.8 Å². The van der Waals surface area contributed by atoms with E-state index in [1.807, 2.05) is 4.90 Å². The standard InChI is InChI=1S/C24H31N3O5S2/c1-17-7-11-26(12-8-17)24(29)19-15-22(33-16-19)34(30,31)27-13-9-18(10-14-27)23(28)25-20-3-5-21(32-2)6-4-20/h3-6,15-18H,7-14H2,1-2H3,(H,25,28). The minimum atomic E-state index is -3.69. The number of carbonyl (C=O) groups is 2. The molecule has 10 heteroatoms. The van der Waals surface area contributed by atoms with Gasteiger partial charge in [-0.2, -0.15) is 4.31 Å². The molecule has 2 amide bonds. The molecular formula is C24H31N3O5S2. The molecule has 2 aliphatic rings. The van der Waals surface area contributed by atoms with Crippen molar-refractivity contribution >= 4 is 38.9 Å². The number of hydrogen-bond donors (Lipinski definition) is 1. The second-order valence-electron chi connectivity index (χ2n) is 9.03. The van der Waals surface area contributed by atoms with Gasteiger partial charge in [-0.05, 0) is 61.9 Å². The summed E-state index contributed by atoms with van der Waals surface area (Å²) in [6.45, 7) is 4.15. The van der Waals surface area contributed by atoms with Gasteiger partial charge in [0.15, 0.2) is 0 Å². The molecular weight excluding hydrogens is 474 g/mol. The van der Waals surface area contributed by atoms with Gasteiger partial charge in [0.1, 0.15) is 9.96 Å². The van der Waals surface area contributed by atoms with Crippen LogP contribution >= 0.6 is 11.3 Å². The fourth-order valence-corrected chi connectivity index (χ4v) is 7.14. The smallest absolute Gasteiger partial charge is 0.254 e. The average Bonchev–Trinajstić information content (AvgIpc) is 3.36. The van der Waals surface area contributed by atoms with Gasteiger partial charge in [-0.1, -0.05) is 6.92 Å².